The monoisotopic (exact) mass is 325 g/mol. The molecule has 1 aromatic heterocycles. The molecule has 5 nitrogen and oxygen atoms in total. The van der Waals surface area contributed by atoms with Gasteiger partial charge >= 0.3 is 0 Å². The van der Waals surface area contributed by atoms with Crippen LogP contribution in [0.1, 0.15) is 26.2 Å². The van der Waals surface area contributed by atoms with E-state index in [4.69, 9.17) is 23.8 Å². The number of anilines is 2. The Balaban J connectivity index is 2.12. The van der Waals surface area contributed by atoms with E-state index in [-0.39, 0.29) is 0 Å². The van der Waals surface area contributed by atoms with Crippen LogP contribution in [-0.4, -0.2) is 34.2 Å². The molecule has 0 spiro atoms. The average Bonchev–Trinajstić information content (AvgIpc) is 2.45. The number of nitrogens with one attached hydrogen (secondary N) is 2. The molecule has 0 radical (unpaired) electrons. The molecule has 0 aromatic carbocycles. The van der Waals surface area contributed by atoms with Gasteiger partial charge in [-0.05, 0) is 38.4 Å². The van der Waals surface area contributed by atoms with Crippen molar-refractivity contribution in [3.8, 4) is 0 Å². The second kappa shape index (κ2) is 7.56. The van der Waals surface area contributed by atoms with E-state index in [2.05, 4.69) is 39.0 Å². The first kappa shape index (κ1) is 16.0. The van der Waals surface area contributed by atoms with E-state index in [1.165, 1.54) is 19.3 Å². The summed E-state index contributed by atoms with van der Waals surface area (Å²) in [6.07, 6.45) is 5.34. The second-order valence-corrected chi connectivity index (χ2v) is 5.83. The molecule has 0 bridgehead atoms. The summed E-state index contributed by atoms with van der Waals surface area (Å²) >= 11 is 11.3. The molecule has 114 valence electrons. The van der Waals surface area contributed by atoms with Gasteiger partial charge in [0.1, 0.15) is 11.0 Å². The first-order valence-electron chi connectivity index (χ1n) is 7.07. The van der Waals surface area contributed by atoms with Gasteiger partial charge in [0, 0.05) is 25.2 Å². The van der Waals surface area contributed by atoms with Gasteiger partial charge in [-0.2, -0.15) is 4.98 Å². The highest BCUT2D eigenvalue weighted by molar-refractivity contribution is 7.80. The molecule has 0 saturated carbocycles. The quantitative estimate of drug-likeness (QED) is 0.504. The number of piperidine rings is 1. The van der Waals surface area contributed by atoms with E-state index in [0.29, 0.717) is 28.8 Å². The lowest BCUT2D eigenvalue weighted by Gasteiger charge is -2.34. The first-order chi connectivity index (χ1) is 10.1. The highest BCUT2D eigenvalue weighted by Gasteiger charge is 2.20. The maximum Gasteiger partial charge on any atom is 0.232 e. The molecule has 2 rings (SSSR count). The summed E-state index contributed by atoms with van der Waals surface area (Å²) in [5.74, 6) is 1.26. The van der Waals surface area contributed by atoms with Crippen LogP contribution in [0, 0.1) is 0 Å². The number of rotatable bonds is 4. The Labute approximate surface area is 135 Å². The van der Waals surface area contributed by atoms with E-state index < -0.39 is 0 Å². The fourth-order valence-electron chi connectivity index (χ4n) is 2.36. The maximum atomic E-state index is 6.11. The molecule has 2 N–H and O–H groups in total. The van der Waals surface area contributed by atoms with Gasteiger partial charge in [-0.15, -0.1) is 6.58 Å². The average molecular weight is 326 g/mol. The fourth-order valence-corrected chi connectivity index (χ4v) is 2.71. The highest BCUT2D eigenvalue weighted by atomic mass is 35.5. The van der Waals surface area contributed by atoms with Crippen molar-refractivity contribution in [2.24, 2.45) is 0 Å². The molecule has 1 unspecified atom stereocenters. The Morgan fingerprint density at radius 3 is 3.10 bits per heavy atom. The van der Waals surface area contributed by atoms with Crippen LogP contribution >= 0.6 is 23.8 Å². The van der Waals surface area contributed by atoms with Crippen LogP contribution in [0.5, 0.6) is 0 Å². The number of hydrogen-bond acceptors (Lipinski definition) is 4. The molecule has 0 aliphatic carbocycles. The van der Waals surface area contributed by atoms with Crippen molar-refractivity contribution in [3.63, 3.8) is 0 Å². The summed E-state index contributed by atoms with van der Waals surface area (Å²) in [6, 6.07) is 2.26. The van der Waals surface area contributed by atoms with Crippen LogP contribution in [-0.2, 0) is 0 Å². The van der Waals surface area contributed by atoms with Crippen molar-refractivity contribution >= 4 is 40.7 Å². The predicted octanol–water partition coefficient (Wildman–Crippen LogP) is 2.98. The van der Waals surface area contributed by atoms with E-state index in [1.54, 1.807) is 12.1 Å². The normalized spacial score (nSPS) is 18.2. The van der Waals surface area contributed by atoms with Gasteiger partial charge in [-0.1, -0.05) is 17.7 Å². The van der Waals surface area contributed by atoms with Crippen LogP contribution in [0.3, 0.4) is 0 Å². The molecule has 1 aliphatic rings. The van der Waals surface area contributed by atoms with Gasteiger partial charge in [0.15, 0.2) is 5.11 Å². The van der Waals surface area contributed by atoms with Crippen molar-refractivity contribution in [3.05, 3.63) is 23.9 Å². The lowest BCUT2D eigenvalue weighted by molar-refractivity contribution is 0.481. The number of thiocarbonyl (C=S) groups is 1. The molecule has 1 aliphatic heterocycles. The summed E-state index contributed by atoms with van der Waals surface area (Å²) in [6.45, 7) is 7.41. The van der Waals surface area contributed by atoms with E-state index >= 15 is 0 Å². The smallest absolute Gasteiger partial charge is 0.232 e. The van der Waals surface area contributed by atoms with Gasteiger partial charge in [0.25, 0.3) is 0 Å². The van der Waals surface area contributed by atoms with Gasteiger partial charge < -0.3 is 15.5 Å². The van der Waals surface area contributed by atoms with Crippen LogP contribution in [0.25, 0.3) is 0 Å². The molecule has 1 saturated heterocycles. The van der Waals surface area contributed by atoms with Gasteiger partial charge in [0.05, 0.1) is 0 Å². The Kier molecular flexibility index (Phi) is 5.76. The molecule has 1 aromatic rings. The van der Waals surface area contributed by atoms with Crippen LogP contribution < -0.4 is 15.5 Å². The first-order valence-corrected chi connectivity index (χ1v) is 7.85. The molecular formula is C14H20ClN5S. The predicted molar refractivity (Wildman–Crippen MR) is 92.1 cm³/mol. The number of halogens is 1. The van der Waals surface area contributed by atoms with Crippen LogP contribution in [0.15, 0.2) is 18.7 Å². The molecule has 21 heavy (non-hydrogen) atoms. The van der Waals surface area contributed by atoms with Gasteiger partial charge in [0.2, 0.25) is 5.95 Å². The minimum Gasteiger partial charge on any atom is -0.359 e. The van der Waals surface area contributed by atoms with E-state index in [0.717, 1.165) is 12.4 Å². The minimum absolute atomic E-state index is 0.409. The van der Waals surface area contributed by atoms with Crippen molar-refractivity contribution in [1.29, 1.82) is 0 Å². The fraction of sp³-hybridized carbons (Fsp3) is 0.500. The van der Waals surface area contributed by atoms with E-state index in [9.17, 15) is 0 Å². The summed E-state index contributed by atoms with van der Waals surface area (Å²) in [7, 11) is 0. The largest absolute Gasteiger partial charge is 0.359 e. The number of hydrogen-bond donors (Lipinski definition) is 2. The third-order valence-electron chi connectivity index (χ3n) is 3.41. The van der Waals surface area contributed by atoms with Crippen molar-refractivity contribution in [1.82, 2.24) is 15.3 Å². The summed E-state index contributed by atoms with van der Waals surface area (Å²) in [5.41, 5.74) is 0. The Bertz CT molecular complexity index is 522. The lowest BCUT2D eigenvalue weighted by atomic mass is 10.0. The topological polar surface area (TPSA) is 53.1 Å². The number of nitrogens with zero attached hydrogens (tertiary/aromatic N) is 3. The van der Waals surface area contributed by atoms with Crippen molar-refractivity contribution in [2.45, 2.75) is 32.2 Å². The Hall–Kier alpha value is -1.40. The van der Waals surface area contributed by atoms with Crippen molar-refractivity contribution in [2.75, 3.05) is 23.3 Å². The summed E-state index contributed by atoms with van der Waals surface area (Å²) in [5, 5.41) is 6.79. The zero-order chi connectivity index (χ0) is 15.2. The minimum atomic E-state index is 0.409. The molecule has 1 atom stereocenters. The molecule has 7 heteroatoms. The van der Waals surface area contributed by atoms with Gasteiger partial charge in [-0.25, -0.2) is 4.98 Å². The summed E-state index contributed by atoms with van der Waals surface area (Å²) < 4.78 is 0. The zero-order valence-corrected chi connectivity index (χ0v) is 13.7. The van der Waals surface area contributed by atoms with E-state index in [1.807, 2.05) is 0 Å². The van der Waals surface area contributed by atoms with Crippen LogP contribution in [0.2, 0.25) is 5.15 Å². The maximum absolute atomic E-state index is 6.11. The SMILES string of the molecule is C=CCNC(=S)Nc1nc(Cl)cc(N2CCCCC2C)n1. The van der Waals surface area contributed by atoms with Gasteiger partial charge in [-0.3, -0.25) is 0 Å². The third kappa shape index (κ3) is 4.54. The summed E-state index contributed by atoms with van der Waals surface area (Å²) in [4.78, 5) is 11.0. The zero-order valence-electron chi connectivity index (χ0n) is 12.1. The molecular weight excluding hydrogens is 306 g/mol. The van der Waals surface area contributed by atoms with Crippen LogP contribution in [0.4, 0.5) is 11.8 Å². The highest BCUT2D eigenvalue weighted by Crippen LogP contribution is 2.25. The van der Waals surface area contributed by atoms with Crippen molar-refractivity contribution < 1.29 is 0 Å². The third-order valence-corrected chi connectivity index (χ3v) is 3.85. The molecule has 2 heterocycles. The molecule has 1 fully saturated rings. The second-order valence-electron chi connectivity index (χ2n) is 5.03. The number of aromatic nitrogens is 2. The standard InChI is InChI=1S/C14H20ClN5S/c1-3-7-16-14(21)19-13-17-11(15)9-12(18-13)20-8-5-4-6-10(20)2/h3,9-10H,1,4-8H2,2H3,(H2,16,17,18,19,21). The lowest BCUT2D eigenvalue weighted by Crippen LogP contribution is -2.38. The Morgan fingerprint density at radius 2 is 2.38 bits per heavy atom. The molecule has 0 amide bonds. The Morgan fingerprint density at radius 1 is 1.57 bits per heavy atom.